The van der Waals surface area contributed by atoms with Gasteiger partial charge in [-0.15, -0.1) is 11.3 Å². The Kier molecular flexibility index (Phi) is 3.95. The van der Waals surface area contributed by atoms with Crippen LogP contribution in [0.2, 0.25) is 0 Å². The minimum Gasteiger partial charge on any atom is -0.372 e. The summed E-state index contributed by atoms with van der Waals surface area (Å²) in [6.07, 6.45) is -0.0481. The van der Waals surface area contributed by atoms with E-state index in [4.69, 9.17) is 9.88 Å². The minimum absolute atomic E-state index is 0.00482. The number of rotatable bonds is 2. The fourth-order valence-electron chi connectivity index (χ4n) is 2.10. The Morgan fingerprint density at radius 1 is 1.42 bits per heavy atom. The topological polar surface area (TPSA) is 89.7 Å². The molecule has 1 aromatic heterocycles. The zero-order chi connectivity index (χ0) is 14.2. The summed E-state index contributed by atoms with van der Waals surface area (Å²) in [6.45, 7) is 4.81. The molecule has 6 nitrogen and oxygen atoms in total. The SMILES string of the molecule is CC1CN(C(=O)c2csc(S(N)(=O)=O)c2)CC(C)O1. The van der Waals surface area contributed by atoms with Gasteiger partial charge in [-0.05, 0) is 19.9 Å². The zero-order valence-electron chi connectivity index (χ0n) is 10.7. The van der Waals surface area contributed by atoms with E-state index in [1.165, 1.54) is 11.4 Å². The molecule has 2 unspecified atom stereocenters. The largest absolute Gasteiger partial charge is 0.372 e. The molecule has 1 saturated heterocycles. The molecule has 0 bridgehead atoms. The second kappa shape index (κ2) is 5.20. The van der Waals surface area contributed by atoms with Gasteiger partial charge in [-0.3, -0.25) is 4.79 Å². The van der Waals surface area contributed by atoms with E-state index in [2.05, 4.69) is 0 Å². The number of hydrogen-bond donors (Lipinski definition) is 1. The standard InChI is InChI=1S/C11H16N2O4S2/c1-7-4-13(5-8(2)17-7)11(14)9-3-10(18-6-9)19(12,15)16/h3,6-8H,4-5H2,1-2H3,(H2,12,15,16). The predicted octanol–water partition coefficient (Wildman–Crippen LogP) is 0.645. The Morgan fingerprint density at radius 3 is 2.47 bits per heavy atom. The van der Waals surface area contributed by atoms with Gasteiger partial charge in [0.15, 0.2) is 0 Å². The van der Waals surface area contributed by atoms with Crippen molar-refractivity contribution in [2.24, 2.45) is 5.14 Å². The molecule has 1 amide bonds. The van der Waals surface area contributed by atoms with E-state index in [0.717, 1.165) is 11.3 Å². The van der Waals surface area contributed by atoms with Crippen molar-refractivity contribution >= 4 is 27.3 Å². The molecule has 1 aromatic rings. The fraction of sp³-hybridized carbons (Fsp3) is 0.545. The van der Waals surface area contributed by atoms with E-state index >= 15 is 0 Å². The van der Waals surface area contributed by atoms with Crippen molar-refractivity contribution < 1.29 is 17.9 Å². The number of primary sulfonamides is 1. The molecule has 2 rings (SSSR count). The van der Waals surface area contributed by atoms with Gasteiger partial charge in [-0.2, -0.15) is 0 Å². The summed E-state index contributed by atoms with van der Waals surface area (Å²) >= 11 is 0.959. The van der Waals surface area contributed by atoms with E-state index in [1.807, 2.05) is 13.8 Å². The molecule has 2 N–H and O–H groups in total. The first-order valence-corrected chi connectivity index (χ1v) is 8.26. The van der Waals surface area contributed by atoms with Crippen molar-refractivity contribution in [2.45, 2.75) is 30.3 Å². The van der Waals surface area contributed by atoms with E-state index < -0.39 is 10.0 Å². The Hall–Kier alpha value is -0.960. The molecule has 1 aliphatic heterocycles. The molecule has 2 heterocycles. The smallest absolute Gasteiger partial charge is 0.254 e. The summed E-state index contributed by atoms with van der Waals surface area (Å²) in [7, 11) is -3.74. The lowest BCUT2D eigenvalue weighted by Crippen LogP contribution is -2.48. The van der Waals surface area contributed by atoms with Gasteiger partial charge in [0.05, 0.1) is 17.8 Å². The highest BCUT2D eigenvalue weighted by Gasteiger charge is 2.27. The van der Waals surface area contributed by atoms with Gasteiger partial charge in [-0.1, -0.05) is 0 Å². The van der Waals surface area contributed by atoms with Crippen molar-refractivity contribution in [1.29, 1.82) is 0 Å². The number of ether oxygens (including phenoxy) is 1. The maximum absolute atomic E-state index is 12.3. The summed E-state index contributed by atoms with van der Waals surface area (Å²) in [5, 5.41) is 6.55. The molecule has 0 aromatic carbocycles. The molecule has 0 aliphatic carbocycles. The van der Waals surface area contributed by atoms with Gasteiger partial charge in [-0.25, -0.2) is 13.6 Å². The van der Waals surface area contributed by atoms with Crippen molar-refractivity contribution in [3.05, 3.63) is 17.0 Å². The molecule has 2 atom stereocenters. The van der Waals surface area contributed by atoms with Crippen LogP contribution in [0.15, 0.2) is 15.7 Å². The van der Waals surface area contributed by atoms with Gasteiger partial charge in [0.1, 0.15) is 4.21 Å². The summed E-state index contributed by atoms with van der Waals surface area (Å²) in [5.41, 5.74) is 0.357. The molecule has 1 fully saturated rings. The van der Waals surface area contributed by atoms with Crippen molar-refractivity contribution in [2.75, 3.05) is 13.1 Å². The highest BCUT2D eigenvalue weighted by atomic mass is 32.2. The lowest BCUT2D eigenvalue weighted by atomic mass is 10.2. The second-order valence-electron chi connectivity index (χ2n) is 4.67. The van der Waals surface area contributed by atoms with Gasteiger partial charge in [0.25, 0.3) is 5.91 Å². The number of hydrogen-bond acceptors (Lipinski definition) is 5. The number of nitrogens with two attached hydrogens (primary N) is 1. The van der Waals surface area contributed by atoms with Gasteiger partial charge in [0, 0.05) is 18.5 Å². The average molecular weight is 304 g/mol. The third-order valence-corrected chi connectivity index (χ3v) is 5.20. The van der Waals surface area contributed by atoms with Crippen LogP contribution in [0.5, 0.6) is 0 Å². The summed E-state index contributed by atoms with van der Waals surface area (Å²) in [4.78, 5) is 13.9. The number of nitrogens with zero attached hydrogens (tertiary/aromatic N) is 1. The molecule has 8 heteroatoms. The van der Waals surface area contributed by atoms with Gasteiger partial charge >= 0.3 is 0 Å². The number of sulfonamides is 1. The maximum atomic E-state index is 12.3. The quantitative estimate of drug-likeness (QED) is 0.868. The number of amides is 1. The third kappa shape index (κ3) is 3.33. The number of carbonyl (C=O) groups is 1. The van der Waals surface area contributed by atoms with E-state index in [-0.39, 0.29) is 22.3 Å². The Bertz CT molecular complexity index is 571. The van der Waals surface area contributed by atoms with E-state index in [9.17, 15) is 13.2 Å². The van der Waals surface area contributed by atoms with E-state index in [1.54, 1.807) is 4.90 Å². The Balaban J connectivity index is 2.18. The van der Waals surface area contributed by atoms with Crippen molar-refractivity contribution in [1.82, 2.24) is 4.90 Å². The third-order valence-electron chi connectivity index (χ3n) is 2.81. The minimum atomic E-state index is -3.74. The molecule has 1 aliphatic rings. The Morgan fingerprint density at radius 2 is 2.00 bits per heavy atom. The van der Waals surface area contributed by atoms with E-state index in [0.29, 0.717) is 18.7 Å². The number of thiophene rings is 1. The van der Waals surface area contributed by atoms with Crippen LogP contribution in [-0.4, -0.2) is 44.5 Å². The first-order valence-electron chi connectivity index (χ1n) is 5.83. The molecule has 0 spiro atoms. The maximum Gasteiger partial charge on any atom is 0.254 e. The molecule has 19 heavy (non-hydrogen) atoms. The normalized spacial score (nSPS) is 24.5. The first-order chi connectivity index (χ1) is 8.77. The van der Waals surface area contributed by atoms with Crippen molar-refractivity contribution in [3.63, 3.8) is 0 Å². The van der Waals surface area contributed by atoms with Crippen LogP contribution in [0.25, 0.3) is 0 Å². The number of morpholine rings is 1. The van der Waals surface area contributed by atoms with Crippen LogP contribution in [0.3, 0.4) is 0 Å². The summed E-state index contributed by atoms with van der Waals surface area (Å²) < 4.78 is 27.9. The predicted molar refractivity (Wildman–Crippen MR) is 71.6 cm³/mol. The second-order valence-corrected chi connectivity index (χ2v) is 7.37. The van der Waals surface area contributed by atoms with Crippen LogP contribution < -0.4 is 5.14 Å². The molecular weight excluding hydrogens is 288 g/mol. The lowest BCUT2D eigenvalue weighted by Gasteiger charge is -2.35. The molecule has 0 radical (unpaired) electrons. The number of carbonyl (C=O) groups excluding carboxylic acids is 1. The first kappa shape index (κ1) is 14.4. The monoisotopic (exact) mass is 304 g/mol. The van der Waals surface area contributed by atoms with Crippen LogP contribution in [0, 0.1) is 0 Å². The molecule has 106 valence electrons. The van der Waals surface area contributed by atoms with Crippen LogP contribution in [-0.2, 0) is 14.8 Å². The fourth-order valence-corrected chi connectivity index (χ4v) is 3.68. The molecular formula is C11H16N2O4S2. The van der Waals surface area contributed by atoms with Gasteiger partial charge in [0.2, 0.25) is 10.0 Å². The average Bonchev–Trinajstić information content (AvgIpc) is 2.75. The highest BCUT2D eigenvalue weighted by Crippen LogP contribution is 2.21. The summed E-state index contributed by atoms with van der Waals surface area (Å²) in [6, 6.07) is 1.33. The van der Waals surface area contributed by atoms with Crippen LogP contribution >= 0.6 is 11.3 Å². The Labute approximate surface area is 116 Å². The molecule has 0 saturated carbocycles. The summed E-state index contributed by atoms with van der Waals surface area (Å²) in [5.74, 6) is -0.187. The van der Waals surface area contributed by atoms with Crippen LogP contribution in [0.4, 0.5) is 0 Å². The lowest BCUT2D eigenvalue weighted by molar-refractivity contribution is -0.0586. The zero-order valence-corrected chi connectivity index (χ0v) is 12.3. The van der Waals surface area contributed by atoms with Crippen LogP contribution in [0.1, 0.15) is 24.2 Å². The van der Waals surface area contributed by atoms with Crippen molar-refractivity contribution in [3.8, 4) is 0 Å². The highest BCUT2D eigenvalue weighted by molar-refractivity contribution is 7.91. The van der Waals surface area contributed by atoms with Gasteiger partial charge < -0.3 is 9.64 Å².